The van der Waals surface area contributed by atoms with Gasteiger partial charge in [-0.3, -0.25) is 9.59 Å². The van der Waals surface area contributed by atoms with Gasteiger partial charge in [0.15, 0.2) is 18.1 Å². The zero-order valence-corrected chi connectivity index (χ0v) is 18.9. The molecule has 7 nitrogen and oxygen atoms in total. The molecule has 33 heavy (non-hydrogen) atoms. The molecular formula is C26H27N3O4. The summed E-state index contributed by atoms with van der Waals surface area (Å²) in [6.07, 6.45) is 1.52. The largest absolute Gasteiger partial charge is 0.490 e. The lowest BCUT2D eigenvalue weighted by Gasteiger charge is -2.12. The molecule has 2 N–H and O–H groups in total. The Morgan fingerprint density at radius 1 is 0.879 bits per heavy atom. The molecule has 7 heteroatoms. The molecule has 0 spiro atoms. The van der Waals surface area contributed by atoms with Crippen molar-refractivity contribution in [2.75, 3.05) is 18.5 Å². The van der Waals surface area contributed by atoms with Crippen LogP contribution in [0.15, 0.2) is 71.8 Å². The van der Waals surface area contributed by atoms with Gasteiger partial charge in [-0.1, -0.05) is 35.4 Å². The molecule has 0 aromatic heterocycles. The number of nitrogens with one attached hydrogen (secondary N) is 2. The van der Waals surface area contributed by atoms with Crippen LogP contribution < -0.4 is 20.2 Å². The summed E-state index contributed by atoms with van der Waals surface area (Å²) in [5.74, 6) is 0.354. The number of hydrogen-bond acceptors (Lipinski definition) is 5. The molecule has 0 fully saturated rings. The number of ether oxygens (including phenoxy) is 2. The van der Waals surface area contributed by atoms with Crippen LogP contribution in [0.1, 0.15) is 34.0 Å². The average molecular weight is 446 g/mol. The molecule has 3 aromatic rings. The van der Waals surface area contributed by atoms with Crippen LogP contribution in [0.25, 0.3) is 0 Å². The number of carbonyl (C=O) groups is 2. The van der Waals surface area contributed by atoms with E-state index in [1.807, 2.05) is 57.2 Å². The van der Waals surface area contributed by atoms with Crippen molar-refractivity contribution in [2.24, 2.45) is 5.10 Å². The molecule has 0 atom stereocenters. The zero-order chi connectivity index (χ0) is 23.6. The molecule has 0 radical (unpaired) electrons. The predicted octanol–water partition coefficient (Wildman–Crippen LogP) is 4.48. The summed E-state index contributed by atoms with van der Waals surface area (Å²) in [5.41, 5.74) is 6.64. The third-order valence-electron chi connectivity index (χ3n) is 4.66. The van der Waals surface area contributed by atoms with Crippen LogP contribution in [-0.4, -0.2) is 31.2 Å². The van der Waals surface area contributed by atoms with Crippen molar-refractivity contribution >= 4 is 23.7 Å². The third-order valence-corrected chi connectivity index (χ3v) is 4.66. The molecule has 0 aliphatic heterocycles. The molecule has 0 saturated carbocycles. The van der Waals surface area contributed by atoms with E-state index in [4.69, 9.17) is 9.47 Å². The van der Waals surface area contributed by atoms with E-state index in [9.17, 15) is 9.59 Å². The van der Waals surface area contributed by atoms with Crippen molar-refractivity contribution in [3.05, 3.63) is 89.0 Å². The lowest BCUT2D eigenvalue weighted by atomic mass is 10.1. The summed E-state index contributed by atoms with van der Waals surface area (Å²) in [5, 5.41) is 6.80. The smallest absolute Gasteiger partial charge is 0.271 e. The minimum Gasteiger partial charge on any atom is -0.490 e. The van der Waals surface area contributed by atoms with Crippen molar-refractivity contribution in [3.63, 3.8) is 0 Å². The van der Waals surface area contributed by atoms with Crippen molar-refractivity contribution < 1.29 is 19.1 Å². The molecule has 170 valence electrons. The number of hydrogen-bond donors (Lipinski definition) is 2. The number of hydrazone groups is 1. The van der Waals surface area contributed by atoms with E-state index in [2.05, 4.69) is 15.8 Å². The van der Waals surface area contributed by atoms with E-state index >= 15 is 0 Å². The number of carbonyl (C=O) groups excluding carboxylic acids is 2. The van der Waals surface area contributed by atoms with Gasteiger partial charge in [-0.2, -0.15) is 5.10 Å². The lowest BCUT2D eigenvalue weighted by Crippen LogP contribution is -2.20. The molecule has 0 bridgehead atoms. The van der Waals surface area contributed by atoms with Crippen LogP contribution in [0.3, 0.4) is 0 Å². The monoisotopic (exact) mass is 445 g/mol. The normalized spacial score (nSPS) is 10.6. The minimum absolute atomic E-state index is 0.159. The predicted molar refractivity (Wildman–Crippen MR) is 129 cm³/mol. The summed E-state index contributed by atoms with van der Waals surface area (Å²) in [7, 11) is 0. The number of amides is 2. The molecule has 0 aliphatic carbocycles. The summed E-state index contributed by atoms with van der Waals surface area (Å²) >= 11 is 0. The number of aryl methyl sites for hydroxylation is 2. The topological polar surface area (TPSA) is 89.0 Å². The van der Waals surface area contributed by atoms with Gasteiger partial charge in [0.2, 0.25) is 0 Å². The molecule has 3 aromatic carbocycles. The van der Waals surface area contributed by atoms with Crippen LogP contribution in [0.5, 0.6) is 11.5 Å². The van der Waals surface area contributed by atoms with Crippen molar-refractivity contribution in [1.82, 2.24) is 5.43 Å². The number of rotatable bonds is 9. The Bertz CT molecular complexity index is 1120. The van der Waals surface area contributed by atoms with E-state index < -0.39 is 0 Å². The molecule has 0 heterocycles. The zero-order valence-electron chi connectivity index (χ0n) is 18.9. The van der Waals surface area contributed by atoms with E-state index in [0.29, 0.717) is 34.9 Å². The van der Waals surface area contributed by atoms with Gasteiger partial charge in [0.25, 0.3) is 11.8 Å². The maximum absolute atomic E-state index is 12.2. The fraction of sp³-hybridized carbons (Fsp3) is 0.192. The standard InChI is InChI=1S/C26H27N3O4/c1-4-32-24-15-20(16-27-29-26(31)21-10-5-18(2)6-11-21)9-14-23(24)33-17-25(30)28-22-12-7-19(3)8-13-22/h5-16H,4,17H2,1-3H3,(H,28,30)(H,29,31)/b27-16+. The second-order valence-corrected chi connectivity index (χ2v) is 7.41. The Kier molecular flexibility index (Phi) is 8.18. The van der Waals surface area contributed by atoms with Gasteiger partial charge in [-0.25, -0.2) is 5.43 Å². The second kappa shape index (κ2) is 11.5. The van der Waals surface area contributed by atoms with Crippen molar-refractivity contribution in [1.29, 1.82) is 0 Å². The molecule has 3 rings (SSSR count). The highest BCUT2D eigenvalue weighted by atomic mass is 16.5. The average Bonchev–Trinajstić information content (AvgIpc) is 2.80. The number of benzene rings is 3. The first kappa shape index (κ1) is 23.5. The number of anilines is 1. The van der Waals surface area contributed by atoms with Crippen molar-refractivity contribution in [2.45, 2.75) is 20.8 Å². The second-order valence-electron chi connectivity index (χ2n) is 7.41. The Labute approximate surface area is 193 Å². The Balaban J connectivity index is 1.59. The van der Waals surface area contributed by atoms with Crippen molar-refractivity contribution in [3.8, 4) is 11.5 Å². The molecular weight excluding hydrogens is 418 g/mol. The first-order valence-corrected chi connectivity index (χ1v) is 10.6. The van der Waals surface area contributed by atoms with Gasteiger partial charge < -0.3 is 14.8 Å². The van der Waals surface area contributed by atoms with E-state index in [0.717, 1.165) is 11.1 Å². The van der Waals surface area contributed by atoms with Crippen LogP contribution in [0, 0.1) is 13.8 Å². The SMILES string of the molecule is CCOc1cc(/C=N/NC(=O)c2ccc(C)cc2)ccc1OCC(=O)Nc1ccc(C)cc1. The Morgan fingerprint density at radius 3 is 2.21 bits per heavy atom. The molecule has 0 unspecified atom stereocenters. The van der Waals surface area contributed by atoms with Gasteiger partial charge in [-0.05, 0) is 68.8 Å². The van der Waals surface area contributed by atoms with E-state index in [1.54, 1.807) is 30.3 Å². The Morgan fingerprint density at radius 2 is 1.55 bits per heavy atom. The summed E-state index contributed by atoms with van der Waals surface area (Å²) < 4.78 is 11.3. The summed E-state index contributed by atoms with van der Waals surface area (Å²) in [6, 6.07) is 19.9. The van der Waals surface area contributed by atoms with Crippen LogP contribution >= 0.6 is 0 Å². The van der Waals surface area contributed by atoms with Gasteiger partial charge >= 0.3 is 0 Å². The summed E-state index contributed by atoms with van der Waals surface area (Å²) in [6.45, 7) is 6.07. The maximum atomic E-state index is 12.2. The highest BCUT2D eigenvalue weighted by Gasteiger charge is 2.10. The van der Waals surface area contributed by atoms with Gasteiger partial charge in [0.05, 0.1) is 12.8 Å². The van der Waals surface area contributed by atoms with E-state index in [-0.39, 0.29) is 18.4 Å². The third kappa shape index (κ3) is 7.21. The molecule has 0 saturated heterocycles. The fourth-order valence-corrected chi connectivity index (χ4v) is 2.90. The lowest BCUT2D eigenvalue weighted by molar-refractivity contribution is -0.118. The highest BCUT2D eigenvalue weighted by Crippen LogP contribution is 2.28. The maximum Gasteiger partial charge on any atom is 0.271 e. The highest BCUT2D eigenvalue weighted by molar-refractivity contribution is 5.95. The van der Waals surface area contributed by atoms with Crippen LogP contribution in [-0.2, 0) is 4.79 Å². The number of nitrogens with zero attached hydrogens (tertiary/aromatic N) is 1. The van der Waals surface area contributed by atoms with Crippen LogP contribution in [0.4, 0.5) is 5.69 Å². The van der Waals surface area contributed by atoms with E-state index in [1.165, 1.54) is 6.21 Å². The minimum atomic E-state index is -0.296. The van der Waals surface area contributed by atoms with Gasteiger partial charge in [-0.15, -0.1) is 0 Å². The fourth-order valence-electron chi connectivity index (χ4n) is 2.90. The quantitative estimate of drug-likeness (QED) is 0.375. The molecule has 0 aliphatic rings. The summed E-state index contributed by atoms with van der Waals surface area (Å²) in [4.78, 5) is 24.4. The van der Waals surface area contributed by atoms with Gasteiger partial charge in [0.1, 0.15) is 0 Å². The van der Waals surface area contributed by atoms with Crippen LogP contribution in [0.2, 0.25) is 0 Å². The first-order chi connectivity index (χ1) is 15.9. The Hall–Kier alpha value is -4.13. The van der Waals surface area contributed by atoms with Gasteiger partial charge in [0, 0.05) is 11.3 Å². The molecule has 2 amide bonds. The first-order valence-electron chi connectivity index (χ1n) is 10.6.